The molecule has 4 aromatic carbocycles. The topological polar surface area (TPSA) is 80.9 Å². The van der Waals surface area contributed by atoms with Gasteiger partial charge in [-0.25, -0.2) is 0 Å². The largest absolute Gasteiger partial charge is 0.504 e. The summed E-state index contributed by atoms with van der Waals surface area (Å²) in [6.07, 6.45) is 0. The molecule has 0 amide bonds. The fourth-order valence-electron chi connectivity index (χ4n) is 5.21. The highest BCUT2D eigenvalue weighted by Crippen LogP contribution is 2.65. The summed E-state index contributed by atoms with van der Waals surface area (Å²) in [5.74, 6) is -0.798. The summed E-state index contributed by atoms with van der Waals surface area (Å²) in [4.78, 5) is 0. The molecule has 2 aliphatic rings. The van der Waals surface area contributed by atoms with Gasteiger partial charge in [-0.1, -0.05) is 44.0 Å². The van der Waals surface area contributed by atoms with Crippen LogP contribution in [0.3, 0.4) is 0 Å². The summed E-state index contributed by atoms with van der Waals surface area (Å²) in [7, 11) is 0. The molecule has 4 aromatic rings. The van der Waals surface area contributed by atoms with Crippen LogP contribution >= 0.6 is 31.9 Å². The lowest BCUT2D eigenvalue weighted by atomic mass is 9.70. The van der Waals surface area contributed by atoms with E-state index in [0.717, 1.165) is 53.5 Å². The highest BCUT2D eigenvalue weighted by Gasteiger charge is 2.52. The molecule has 31 heavy (non-hydrogen) atoms. The maximum Gasteiger partial charge on any atom is 0.158 e. The third-order valence-corrected chi connectivity index (χ3v) is 7.38. The molecule has 0 radical (unpaired) electrons. The molecule has 4 nitrogen and oxygen atoms in total. The predicted molar refractivity (Wildman–Crippen MR) is 125 cm³/mol. The molecule has 1 spiro atoms. The number of halogens is 2. The van der Waals surface area contributed by atoms with Gasteiger partial charge in [0.1, 0.15) is 0 Å². The van der Waals surface area contributed by atoms with Crippen LogP contribution in [0.15, 0.2) is 69.6 Å². The number of aromatic hydroxyl groups is 4. The molecule has 0 unspecified atom stereocenters. The maximum atomic E-state index is 10.5. The van der Waals surface area contributed by atoms with Crippen molar-refractivity contribution in [2.24, 2.45) is 0 Å². The number of hydrogen-bond acceptors (Lipinski definition) is 4. The molecule has 0 heterocycles. The van der Waals surface area contributed by atoms with Gasteiger partial charge in [-0.15, -0.1) is 0 Å². The van der Waals surface area contributed by atoms with Crippen LogP contribution in [0.25, 0.3) is 22.3 Å². The van der Waals surface area contributed by atoms with Gasteiger partial charge in [0.05, 0.1) is 5.41 Å². The Kier molecular flexibility index (Phi) is 3.67. The normalized spacial score (nSPS) is 14.3. The monoisotopic (exact) mass is 536 g/mol. The van der Waals surface area contributed by atoms with E-state index in [4.69, 9.17) is 0 Å². The minimum absolute atomic E-state index is 0.189. The Hall–Kier alpha value is -2.96. The van der Waals surface area contributed by atoms with Crippen LogP contribution < -0.4 is 0 Å². The number of fused-ring (bicyclic) bond motifs is 10. The first-order valence-corrected chi connectivity index (χ1v) is 11.1. The second-order valence-electron chi connectivity index (χ2n) is 7.90. The lowest BCUT2D eigenvalue weighted by Gasteiger charge is -2.30. The molecule has 6 rings (SSSR count). The Morgan fingerprint density at radius 1 is 0.452 bits per heavy atom. The first kappa shape index (κ1) is 18.8. The van der Waals surface area contributed by atoms with Crippen LogP contribution in [-0.4, -0.2) is 20.4 Å². The molecule has 6 heteroatoms. The van der Waals surface area contributed by atoms with Crippen molar-refractivity contribution in [2.45, 2.75) is 5.41 Å². The molecule has 0 aromatic heterocycles. The van der Waals surface area contributed by atoms with Gasteiger partial charge in [-0.3, -0.25) is 0 Å². The van der Waals surface area contributed by atoms with Gasteiger partial charge >= 0.3 is 0 Å². The fraction of sp³-hybridized carbons (Fsp3) is 0.0400. The van der Waals surface area contributed by atoms with Gasteiger partial charge in [-0.05, 0) is 93.0 Å². The zero-order valence-electron chi connectivity index (χ0n) is 15.8. The van der Waals surface area contributed by atoms with Crippen LogP contribution in [0.5, 0.6) is 23.0 Å². The molecule has 0 saturated carbocycles. The van der Waals surface area contributed by atoms with E-state index in [1.54, 1.807) is 24.3 Å². The van der Waals surface area contributed by atoms with Crippen molar-refractivity contribution in [2.75, 3.05) is 0 Å². The first-order chi connectivity index (χ1) is 14.8. The molecule has 0 aliphatic heterocycles. The molecule has 0 fully saturated rings. The van der Waals surface area contributed by atoms with Gasteiger partial charge < -0.3 is 20.4 Å². The molecule has 0 saturated heterocycles. The van der Waals surface area contributed by atoms with Gasteiger partial charge in [0.25, 0.3) is 0 Å². The lowest BCUT2D eigenvalue weighted by molar-refractivity contribution is 0.402. The standard InChI is InChI=1S/C25H14Br2O4/c26-11-1-3-13-15-7-21(28)23(30)9-19(15)25(17(13)5-11)18-6-12(27)2-4-14(18)16-8-22(29)24(31)10-20(16)25/h1-10,28-31H. The van der Waals surface area contributed by atoms with Crippen molar-refractivity contribution < 1.29 is 20.4 Å². The zero-order chi connectivity index (χ0) is 21.7. The average Bonchev–Trinajstić information content (AvgIpc) is 3.14. The SMILES string of the molecule is Oc1cc2c(cc1O)C1(c3cc(Br)ccc3-2)c2cc(Br)ccc2-c2cc(O)c(O)cc21. The summed E-state index contributed by atoms with van der Waals surface area (Å²) < 4.78 is 1.78. The van der Waals surface area contributed by atoms with Gasteiger partial charge in [-0.2, -0.15) is 0 Å². The third-order valence-electron chi connectivity index (χ3n) is 6.39. The average molecular weight is 538 g/mol. The van der Waals surface area contributed by atoms with Crippen LogP contribution in [0.1, 0.15) is 22.3 Å². The van der Waals surface area contributed by atoms with Crippen LogP contribution in [0.4, 0.5) is 0 Å². The highest BCUT2D eigenvalue weighted by molar-refractivity contribution is 9.10. The van der Waals surface area contributed by atoms with Crippen molar-refractivity contribution in [3.05, 3.63) is 91.9 Å². The Balaban J connectivity index is 1.88. The number of phenolic OH excluding ortho intramolecular Hbond substituents is 4. The molecule has 152 valence electrons. The van der Waals surface area contributed by atoms with Gasteiger partial charge in [0, 0.05) is 8.95 Å². The van der Waals surface area contributed by atoms with E-state index in [-0.39, 0.29) is 23.0 Å². The van der Waals surface area contributed by atoms with E-state index in [1.807, 2.05) is 36.4 Å². The quantitative estimate of drug-likeness (QED) is 0.169. The van der Waals surface area contributed by atoms with Crippen LogP contribution in [0, 0.1) is 0 Å². The van der Waals surface area contributed by atoms with Crippen molar-refractivity contribution in [1.82, 2.24) is 0 Å². The van der Waals surface area contributed by atoms with Crippen molar-refractivity contribution in [3.63, 3.8) is 0 Å². The Morgan fingerprint density at radius 2 is 0.806 bits per heavy atom. The zero-order valence-corrected chi connectivity index (χ0v) is 19.0. The number of phenols is 4. The predicted octanol–water partition coefficient (Wildman–Crippen LogP) is 6.38. The summed E-state index contributed by atoms with van der Waals surface area (Å²) in [5.41, 5.74) is 6.18. The minimum atomic E-state index is -0.834. The molecule has 0 bridgehead atoms. The van der Waals surface area contributed by atoms with E-state index in [9.17, 15) is 20.4 Å². The fourth-order valence-corrected chi connectivity index (χ4v) is 5.94. The summed E-state index contributed by atoms with van der Waals surface area (Å²) in [6, 6.07) is 18.3. The maximum absolute atomic E-state index is 10.5. The van der Waals surface area contributed by atoms with E-state index >= 15 is 0 Å². The summed E-state index contributed by atoms with van der Waals surface area (Å²) in [6.45, 7) is 0. The number of rotatable bonds is 0. The second-order valence-corrected chi connectivity index (χ2v) is 9.73. The van der Waals surface area contributed by atoms with Crippen LogP contribution in [0.2, 0.25) is 0 Å². The summed E-state index contributed by atoms with van der Waals surface area (Å²) in [5, 5.41) is 41.4. The molecule has 2 aliphatic carbocycles. The lowest BCUT2D eigenvalue weighted by Crippen LogP contribution is -2.26. The molecular formula is C25H14Br2O4. The second kappa shape index (κ2) is 6.05. The summed E-state index contributed by atoms with van der Waals surface area (Å²) >= 11 is 7.18. The number of hydrogen-bond donors (Lipinski definition) is 4. The Labute approximate surface area is 194 Å². The van der Waals surface area contributed by atoms with Crippen molar-refractivity contribution in [3.8, 4) is 45.3 Å². The van der Waals surface area contributed by atoms with E-state index in [1.165, 1.54) is 0 Å². The molecule has 0 atom stereocenters. The third kappa shape index (κ3) is 2.24. The number of benzene rings is 4. The van der Waals surface area contributed by atoms with E-state index < -0.39 is 5.41 Å². The smallest absolute Gasteiger partial charge is 0.158 e. The Bertz CT molecular complexity index is 1350. The molecule has 4 N–H and O–H groups in total. The van der Waals surface area contributed by atoms with Crippen LogP contribution in [-0.2, 0) is 5.41 Å². The van der Waals surface area contributed by atoms with Gasteiger partial charge in [0.2, 0.25) is 0 Å². The van der Waals surface area contributed by atoms with Crippen molar-refractivity contribution in [1.29, 1.82) is 0 Å². The molecular weight excluding hydrogens is 524 g/mol. The minimum Gasteiger partial charge on any atom is -0.504 e. The van der Waals surface area contributed by atoms with E-state index in [0.29, 0.717) is 0 Å². The van der Waals surface area contributed by atoms with E-state index in [2.05, 4.69) is 31.9 Å². The Morgan fingerprint density at radius 3 is 1.23 bits per heavy atom. The first-order valence-electron chi connectivity index (χ1n) is 9.56. The highest BCUT2D eigenvalue weighted by atomic mass is 79.9. The van der Waals surface area contributed by atoms with Crippen molar-refractivity contribution >= 4 is 31.9 Å². The van der Waals surface area contributed by atoms with Gasteiger partial charge in [0.15, 0.2) is 23.0 Å².